The van der Waals surface area contributed by atoms with Gasteiger partial charge >= 0.3 is 0 Å². The van der Waals surface area contributed by atoms with Gasteiger partial charge in [0, 0.05) is 25.2 Å². The maximum absolute atomic E-state index is 9.04. The second kappa shape index (κ2) is 6.12. The van der Waals surface area contributed by atoms with Gasteiger partial charge in [0.2, 0.25) is 0 Å². The van der Waals surface area contributed by atoms with Crippen LogP contribution in [0.5, 0.6) is 0 Å². The number of aromatic nitrogens is 2. The van der Waals surface area contributed by atoms with Crippen LogP contribution >= 0.6 is 11.6 Å². The SMILES string of the molecule is Cc1nn(C)c(Cl)c1C1CCCN1Cc1cccc(C#N)c1. The summed E-state index contributed by atoms with van der Waals surface area (Å²) >= 11 is 6.44. The van der Waals surface area contributed by atoms with Gasteiger partial charge in [-0.2, -0.15) is 10.4 Å². The first-order valence-electron chi connectivity index (χ1n) is 7.52. The van der Waals surface area contributed by atoms with Gasteiger partial charge in [0.25, 0.3) is 0 Å². The Kier molecular flexibility index (Phi) is 4.19. The largest absolute Gasteiger partial charge is 0.292 e. The number of rotatable bonds is 3. The Balaban J connectivity index is 1.86. The van der Waals surface area contributed by atoms with Crippen molar-refractivity contribution in [1.29, 1.82) is 5.26 Å². The van der Waals surface area contributed by atoms with Crippen LogP contribution in [0.25, 0.3) is 0 Å². The molecule has 0 bridgehead atoms. The van der Waals surface area contributed by atoms with Crippen LogP contribution in [0.4, 0.5) is 0 Å². The summed E-state index contributed by atoms with van der Waals surface area (Å²) in [5, 5.41) is 14.2. The predicted molar refractivity (Wildman–Crippen MR) is 86.5 cm³/mol. The smallest absolute Gasteiger partial charge is 0.131 e. The van der Waals surface area contributed by atoms with E-state index in [4.69, 9.17) is 16.9 Å². The summed E-state index contributed by atoms with van der Waals surface area (Å²) in [5.41, 5.74) is 4.04. The molecule has 1 aliphatic heterocycles. The highest BCUT2D eigenvalue weighted by atomic mass is 35.5. The number of aryl methyl sites for hydroxylation is 2. The van der Waals surface area contributed by atoms with Gasteiger partial charge in [-0.15, -0.1) is 0 Å². The summed E-state index contributed by atoms with van der Waals surface area (Å²) in [7, 11) is 1.88. The Morgan fingerprint density at radius 2 is 2.27 bits per heavy atom. The molecule has 1 aliphatic rings. The van der Waals surface area contributed by atoms with Crippen LogP contribution in [0.1, 0.15) is 41.3 Å². The molecule has 0 aliphatic carbocycles. The van der Waals surface area contributed by atoms with Crippen LogP contribution in [0, 0.1) is 18.3 Å². The third kappa shape index (κ3) is 2.75. The molecule has 1 aromatic heterocycles. The first-order chi connectivity index (χ1) is 10.6. The first-order valence-corrected chi connectivity index (χ1v) is 7.90. The van der Waals surface area contributed by atoms with E-state index in [2.05, 4.69) is 22.1 Å². The zero-order chi connectivity index (χ0) is 15.7. The molecule has 0 amide bonds. The molecule has 1 atom stereocenters. The lowest BCUT2D eigenvalue weighted by molar-refractivity contribution is 0.248. The van der Waals surface area contributed by atoms with Crippen LogP contribution in [-0.2, 0) is 13.6 Å². The molecule has 1 aromatic carbocycles. The summed E-state index contributed by atoms with van der Waals surface area (Å²) in [6.45, 7) is 3.91. The van der Waals surface area contributed by atoms with Crippen molar-refractivity contribution in [2.45, 2.75) is 32.4 Å². The molecule has 0 spiro atoms. The highest BCUT2D eigenvalue weighted by Crippen LogP contribution is 2.38. The molecule has 1 saturated heterocycles. The fourth-order valence-corrected chi connectivity index (χ4v) is 3.64. The predicted octanol–water partition coefficient (Wildman–Crippen LogP) is 3.59. The number of nitrogens with zero attached hydrogens (tertiary/aromatic N) is 4. The Hall–Kier alpha value is -1.83. The fraction of sp³-hybridized carbons (Fsp3) is 0.412. The van der Waals surface area contributed by atoms with Crippen LogP contribution in [0.15, 0.2) is 24.3 Å². The molecule has 4 nitrogen and oxygen atoms in total. The second-order valence-electron chi connectivity index (χ2n) is 5.85. The fourth-order valence-electron chi connectivity index (χ4n) is 3.34. The Morgan fingerprint density at radius 3 is 2.95 bits per heavy atom. The Bertz CT molecular complexity index is 729. The highest BCUT2D eigenvalue weighted by molar-refractivity contribution is 6.30. The molecule has 5 heteroatoms. The quantitative estimate of drug-likeness (QED) is 0.869. The molecule has 3 rings (SSSR count). The number of hydrogen-bond acceptors (Lipinski definition) is 3. The zero-order valence-corrected chi connectivity index (χ0v) is 13.6. The molecule has 114 valence electrons. The molecule has 0 N–H and O–H groups in total. The van der Waals surface area contributed by atoms with Gasteiger partial charge in [-0.05, 0) is 44.0 Å². The molecule has 2 aromatic rings. The van der Waals surface area contributed by atoms with Crippen molar-refractivity contribution in [2.75, 3.05) is 6.54 Å². The maximum Gasteiger partial charge on any atom is 0.131 e. The molecule has 1 fully saturated rings. The lowest BCUT2D eigenvalue weighted by Gasteiger charge is -2.24. The number of benzene rings is 1. The second-order valence-corrected chi connectivity index (χ2v) is 6.21. The van der Waals surface area contributed by atoms with Gasteiger partial charge < -0.3 is 0 Å². The van der Waals surface area contributed by atoms with Crippen LogP contribution in [0.3, 0.4) is 0 Å². The highest BCUT2D eigenvalue weighted by Gasteiger charge is 2.30. The van der Waals surface area contributed by atoms with Crippen molar-refractivity contribution in [1.82, 2.24) is 14.7 Å². The van der Waals surface area contributed by atoms with E-state index in [-0.39, 0.29) is 0 Å². The molecule has 0 radical (unpaired) electrons. The lowest BCUT2D eigenvalue weighted by Crippen LogP contribution is -2.23. The molecule has 22 heavy (non-hydrogen) atoms. The normalized spacial score (nSPS) is 18.5. The van der Waals surface area contributed by atoms with E-state index in [0.29, 0.717) is 11.6 Å². The molecular formula is C17H19ClN4. The number of hydrogen-bond donors (Lipinski definition) is 0. The topological polar surface area (TPSA) is 44.9 Å². The van der Waals surface area contributed by atoms with Gasteiger partial charge in [-0.25, -0.2) is 0 Å². The van der Waals surface area contributed by atoms with E-state index in [9.17, 15) is 0 Å². The number of likely N-dealkylation sites (tertiary alicyclic amines) is 1. The Morgan fingerprint density at radius 1 is 1.45 bits per heavy atom. The van der Waals surface area contributed by atoms with Gasteiger partial charge in [0.1, 0.15) is 5.15 Å². The minimum atomic E-state index is 0.312. The summed E-state index contributed by atoms with van der Waals surface area (Å²) in [6.07, 6.45) is 2.26. The third-order valence-electron chi connectivity index (χ3n) is 4.33. The van der Waals surface area contributed by atoms with Crippen molar-refractivity contribution in [3.63, 3.8) is 0 Å². The van der Waals surface area contributed by atoms with Crippen molar-refractivity contribution < 1.29 is 0 Å². The zero-order valence-electron chi connectivity index (χ0n) is 12.9. The summed E-state index contributed by atoms with van der Waals surface area (Å²) in [4.78, 5) is 2.44. The van der Waals surface area contributed by atoms with Gasteiger partial charge in [0.05, 0.1) is 17.3 Å². The average Bonchev–Trinajstić information content (AvgIpc) is 3.04. The maximum atomic E-state index is 9.04. The monoisotopic (exact) mass is 314 g/mol. The lowest BCUT2D eigenvalue weighted by atomic mass is 10.0. The average molecular weight is 315 g/mol. The van der Waals surface area contributed by atoms with E-state index in [1.165, 1.54) is 5.56 Å². The van der Waals surface area contributed by atoms with E-state index in [1.807, 2.05) is 32.2 Å². The van der Waals surface area contributed by atoms with Gasteiger partial charge in [-0.3, -0.25) is 9.58 Å². The van der Waals surface area contributed by atoms with E-state index in [0.717, 1.165) is 42.3 Å². The van der Waals surface area contributed by atoms with Crippen molar-refractivity contribution >= 4 is 11.6 Å². The van der Waals surface area contributed by atoms with Gasteiger partial charge in [0.15, 0.2) is 0 Å². The van der Waals surface area contributed by atoms with Crippen LogP contribution in [-0.4, -0.2) is 21.2 Å². The third-order valence-corrected chi connectivity index (χ3v) is 4.78. The standard InChI is InChI=1S/C17H19ClN4/c1-12-16(17(18)21(2)20-12)15-7-4-8-22(15)11-14-6-3-5-13(9-14)10-19/h3,5-6,9,15H,4,7-8,11H2,1-2H3. The Labute approximate surface area is 135 Å². The number of halogens is 1. The minimum absolute atomic E-state index is 0.312. The molecular weight excluding hydrogens is 296 g/mol. The van der Waals surface area contributed by atoms with E-state index < -0.39 is 0 Å². The molecule has 0 saturated carbocycles. The molecule has 1 unspecified atom stereocenters. The van der Waals surface area contributed by atoms with Crippen molar-refractivity contribution in [3.8, 4) is 6.07 Å². The summed E-state index contributed by atoms with van der Waals surface area (Å²) < 4.78 is 1.75. The van der Waals surface area contributed by atoms with Crippen LogP contribution < -0.4 is 0 Å². The van der Waals surface area contributed by atoms with Crippen molar-refractivity contribution in [3.05, 3.63) is 51.8 Å². The summed E-state index contributed by atoms with van der Waals surface area (Å²) in [5.74, 6) is 0. The molecule has 2 heterocycles. The van der Waals surface area contributed by atoms with Gasteiger partial charge in [-0.1, -0.05) is 23.7 Å². The number of nitriles is 1. The first kappa shape index (κ1) is 15.1. The van der Waals surface area contributed by atoms with Crippen molar-refractivity contribution in [2.24, 2.45) is 7.05 Å². The van der Waals surface area contributed by atoms with Crippen LogP contribution in [0.2, 0.25) is 5.15 Å². The minimum Gasteiger partial charge on any atom is -0.292 e. The van der Waals surface area contributed by atoms with E-state index >= 15 is 0 Å². The summed E-state index contributed by atoms with van der Waals surface area (Å²) in [6, 6.07) is 10.3. The van der Waals surface area contributed by atoms with E-state index in [1.54, 1.807) is 4.68 Å².